The maximum Gasteiger partial charge on any atom is 0.113 e. The van der Waals surface area contributed by atoms with Gasteiger partial charge < -0.3 is 15.2 Å². The molecule has 1 unspecified atom stereocenters. The van der Waals surface area contributed by atoms with Gasteiger partial charge in [-0.2, -0.15) is 0 Å². The highest BCUT2D eigenvalue weighted by Crippen LogP contribution is 2.43. The SMILES string of the molecule is CCN1CCCC(n2c(C3CC3)nc3cc(N)ccc32)C1. The summed E-state index contributed by atoms with van der Waals surface area (Å²) in [5.74, 6) is 1.98. The fourth-order valence-corrected chi connectivity index (χ4v) is 3.68. The van der Waals surface area contributed by atoms with Crippen LogP contribution in [0.5, 0.6) is 0 Å². The predicted octanol–water partition coefficient (Wildman–Crippen LogP) is 3.15. The first-order valence-corrected chi connectivity index (χ1v) is 8.26. The zero-order chi connectivity index (χ0) is 14.4. The van der Waals surface area contributed by atoms with E-state index in [4.69, 9.17) is 10.7 Å². The molecule has 2 aliphatic rings. The fourth-order valence-electron chi connectivity index (χ4n) is 3.68. The molecule has 2 fully saturated rings. The van der Waals surface area contributed by atoms with E-state index in [-0.39, 0.29) is 0 Å². The molecule has 112 valence electrons. The molecule has 1 aromatic carbocycles. The molecule has 1 saturated carbocycles. The van der Waals surface area contributed by atoms with Crippen LogP contribution in [0.2, 0.25) is 0 Å². The molecule has 1 aliphatic carbocycles. The van der Waals surface area contributed by atoms with E-state index >= 15 is 0 Å². The van der Waals surface area contributed by atoms with Crippen molar-refractivity contribution in [2.75, 3.05) is 25.4 Å². The molecule has 4 rings (SSSR count). The molecule has 2 heterocycles. The molecule has 1 aliphatic heterocycles. The number of fused-ring (bicyclic) bond motifs is 1. The third-order valence-corrected chi connectivity index (χ3v) is 4.98. The number of aromatic nitrogens is 2. The van der Waals surface area contributed by atoms with Gasteiger partial charge in [0.2, 0.25) is 0 Å². The van der Waals surface area contributed by atoms with Crippen molar-refractivity contribution in [3.8, 4) is 0 Å². The summed E-state index contributed by atoms with van der Waals surface area (Å²) in [5.41, 5.74) is 9.10. The summed E-state index contributed by atoms with van der Waals surface area (Å²) in [6.07, 6.45) is 5.15. The Hall–Kier alpha value is -1.55. The first kappa shape index (κ1) is 13.1. The Morgan fingerprint density at radius 1 is 1.29 bits per heavy atom. The van der Waals surface area contributed by atoms with Crippen LogP contribution in [-0.2, 0) is 0 Å². The van der Waals surface area contributed by atoms with Gasteiger partial charge in [-0.25, -0.2) is 4.98 Å². The molecule has 1 aromatic heterocycles. The van der Waals surface area contributed by atoms with Gasteiger partial charge in [-0.05, 0) is 57.0 Å². The van der Waals surface area contributed by atoms with Gasteiger partial charge in [-0.1, -0.05) is 6.92 Å². The van der Waals surface area contributed by atoms with E-state index in [9.17, 15) is 0 Å². The van der Waals surface area contributed by atoms with Crippen molar-refractivity contribution in [2.45, 2.75) is 44.6 Å². The monoisotopic (exact) mass is 284 g/mol. The lowest BCUT2D eigenvalue weighted by atomic mass is 10.0. The number of likely N-dealkylation sites (tertiary alicyclic amines) is 1. The van der Waals surface area contributed by atoms with Crippen LogP contribution in [-0.4, -0.2) is 34.1 Å². The third-order valence-electron chi connectivity index (χ3n) is 4.98. The second kappa shape index (κ2) is 5.02. The Bertz CT molecular complexity index is 656. The Balaban J connectivity index is 1.80. The molecule has 21 heavy (non-hydrogen) atoms. The molecule has 2 N–H and O–H groups in total. The van der Waals surface area contributed by atoms with Crippen molar-refractivity contribution in [2.24, 2.45) is 0 Å². The number of nitrogen functional groups attached to an aromatic ring is 1. The number of likely N-dealkylation sites (N-methyl/N-ethyl adjacent to an activating group) is 1. The number of hydrogen-bond acceptors (Lipinski definition) is 3. The van der Waals surface area contributed by atoms with Gasteiger partial charge in [-0.15, -0.1) is 0 Å². The van der Waals surface area contributed by atoms with Crippen molar-refractivity contribution in [1.82, 2.24) is 14.5 Å². The van der Waals surface area contributed by atoms with E-state index < -0.39 is 0 Å². The van der Waals surface area contributed by atoms with E-state index in [1.54, 1.807) is 0 Å². The van der Waals surface area contributed by atoms with Crippen LogP contribution in [0.25, 0.3) is 11.0 Å². The zero-order valence-corrected chi connectivity index (χ0v) is 12.8. The summed E-state index contributed by atoms with van der Waals surface area (Å²) in [5, 5.41) is 0. The minimum absolute atomic E-state index is 0.572. The highest BCUT2D eigenvalue weighted by atomic mass is 15.2. The van der Waals surface area contributed by atoms with Crippen LogP contribution in [0.15, 0.2) is 18.2 Å². The van der Waals surface area contributed by atoms with Crippen molar-refractivity contribution >= 4 is 16.7 Å². The summed E-state index contributed by atoms with van der Waals surface area (Å²) in [6, 6.07) is 6.77. The molecule has 0 radical (unpaired) electrons. The summed E-state index contributed by atoms with van der Waals surface area (Å²) in [4.78, 5) is 7.49. The minimum Gasteiger partial charge on any atom is -0.399 e. The van der Waals surface area contributed by atoms with Gasteiger partial charge >= 0.3 is 0 Å². The number of nitrogens with two attached hydrogens (primary N) is 1. The molecule has 0 amide bonds. The van der Waals surface area contributed by atoms with Crippen molar-refractivity contribution < 1.29 is 0 Å². The van der Waals surface area contributed by atoms with Crippen LogP contribution in [0, 0.1) is 0 Å². The van der Waals surface area contributed by atoms with Crippen molar-refractivity contribution in [1.29, 1.82) is 0 Å². The predicted molar refractivity (Wildman–Crippen MR) is 86.5 cm³/mol. The number of imidazole rings is 1. The van der Waals surface area contributed by atoms with Gasteiger partial charge in [0, 0.05) is 24.2 Å². The second-order valence-corrected chi connectivity index (χ2v) is 6.55. The number of rotatable bonds is 3. The van der Waals surface area contributed by atoms with Crippen LogP contribution in [0.3, 0.4) is 0 Å². The van der Waals surface area contributed by atoms with E-state index in [0.29, 0.717) is 12.0 Å². The average molecular weight is 284 g/mol. The lowest BCUT2D eigenvalue weighted by Crippen LogP contribution is -2.36. The van der Waals surface area contributed by atoms with Crippen LogP contribution in [0.4, 0.5) is 5.69 Å². The molecular weight excluding hydrogens is 260 g/mol. The van der Waals surface area contributed by atoms with Crippen LogP contribution in [0.1, 0.15) is 50.4 Å². The molecule has 1 saturated heterocycles. The summed E-state index contributed by atoms with van der Waals surface area (Å²) in [6.45, 7) is 5.81. The van der Waals surface area contributed by atoms with Crippen LogP contribution < -0.4 is 5.73 Å². The Labute approximate surface area is 125 Å². The smallest absolute Gasteiger partial charge is 0.113 e. The van der Waals surface area contributed by atoms with E-state index in [1.165, 1.54) is 43.6 Å². The van der Waals surface area contributed by atoms with E-state index in [0.717, 1.165) is 24.3 Å². The largest absolute Gasteiger partial charge is 0.399 e. The highest BCUT2D eigenvalue weighted by Gasteiger charge is 2.33. The van der Waals surface area contributed by atoms with Crippen molar-refractivity contribution in [3.63, 3.8) is 0 Å². The Kier molecular flexibility index (Phi) is 3.14. The lowest BCUT2D eigenvalue weighted by molar-refractivity contribution is 0.185. The topological polar surface area (TPSA) is 47.1 Å². The van der Waals surface area contributed by atoms with Gasteiger partial charge in [0.15, 0.2) is 0 Å². The standard InChI is InChI=1S/C17H24N4/c1-2-20-9-3-4-14(11-20)21-16-8-7-13(18)10-15(16)19-17(21)12-5-6-12/h7-8,10,12,14H,2-6,9,11,18H2,1H3. The normalized spacial score (nSPS) is 23.8. The number of anilines is 1. The number of hydrogen-bond donors (Lipinski definition) is 1. The molecule has 4 nitrogen and oxygen atoms in total. The first-order chi connectivity index (χ1) is 10.3. The molecule has 0 bridgehead atoms. The maximum atomic E-state index is 5.94. The maximum absolute atomic E-state index is 5.94. The lowest BCUT2D eigenvalue weighted by Gasteiger charge is -2.33. The molecular formula is C17H24N4. The van der Waals surface area contributed by atoms with Gasteiger partial charge in [-0.3, -0.25) is 0 Å². The summed E-state index contributed by atoms with van der Waals surface area (Å²) < 4.78 is 2.54. The average Bonchev–Trinajstić information content (AvgIpc) is 3.28. The summed E-state index contributed by atoms with van der Waals surface area (Å²) >= 11 is 0. The molecule has 0 spiro atoms. The number of piperidine rings is 1. The van der Waals surface area contributed by atoms with Crippen molar-refractivity contribution in [3.05, 3.63) is 24.0 Å². The van der Waals surface area contributed by atoms with Gasteiger partial charge in [0.25, 0.3) is 0 Å². The highest BCUT2D eigenvalue weighted by molar-refractivity contribution is 5.80. The van der Waals surface area contributed by atoms with Gasteiger partial charge in [0.1, 0.15) is 5.82 Å². The number of nitrogens with zero attached hydrogens (tertiary/aromatic N) is 3. The quantitative estimate of drug-likeness (QED) is 0.881. The molecule has 1 atom stereocenters. The third kappa shape index (κ3) is 2.31. The Morgan fingerprint density at radius 2 is 2.14 bits per heavy atom. The van der Waals surface area contributed by atoms with E-state index in [2.05, 4.69) is 22.5 Å². The molecule has 4 heteroatoms. The van der Waals surface area contributed by atoms with E-state index in [1.807, 2.05) is 12.1 Å². The fraction of sp³-hybridized carbons (Fsp3) is 0.588. The second-order valence-electron chi connectivity index (χ2n) is 6.55. The summed E-state index contributed by atoms with van der Waals surface area (Å²) in [7, 11) is 0. The molecule has 2 aromatic rings. The van der Waals surface area contributed by atoms with Crippen LogP contribution >= 0.6 is 0 Å². The zero-order valence-electron chi connectivity index (χ0n) is 12.8. The Morgan fingerprint density at radius 3 is 2.90 bits per heavy atom. The van der Waals surface area contributed by atoms with Gasteiger partial charge in [0.05, 0.1) is 11.0 Å². The minimum atomic E-state index is 0.572. The number of benzene rings is 1. The first-order valence-electron chi connectivity index (χ1n) is 8.26.